The van der Waals surface area contributed by atoms with Crippen LogP contribution in [0.15, 0.2) is 18.2 Å². The van der Waals surface area contributed by atoms with E-state index in [1.807, 2.05) is 13.0 Å². The predicted octanol–water partition coefficient (Wildman–Crippen LogP) is 1.55. The molecule has 1 unspecified atom stereocenters. The molecule has 4 heteroatoms. The quantitative estimate of drug-likeness (QED) is 0.772. The van der Waals surface area contributed by atoms with Crippen LogP contribution in [0.3, 0.4) is 0 Å². The molecule has 0 saturated heterocycles. The number of benzene rings is 1. The highest BCUT2D eigenvalue weighted by atomic mass is 32.2. The van der Waals surface area contributed by atoms with Gasteiger partial charge in [0.05, 0.1) is 12.9 Å². The van der Waals surface area contributed by atoms with Crippen LogP contribution < -0.4 is 10.5 Å². The van der Waals surface area contributed by atoms with E-state index in [-0.39, 0.29) is 0 Å². The van der Waals surface area contributed by atoms with E-state index >= 15 is 0 Å². The van der Waals surface area contributed by atoms with Gasteiger partial charge in [-0.1, -0.05) is 6.92 Å². The Balaban J connectivity index is 2.93. The first-order valence-electron chi connectivity index (χ1n) is 4.44. The van der Waals surface area contributed by atoms with E-state index in [2.05, 4.69) is 0 Å². The van der Waals surface area contributed by atoms with Crippen LogP contribution in [-0.2, 0) is 16.6 Å². The maximum Gasteiger partial charge on any atom is 0.123 e. The van der Waals surface area contributed by atoms with Crippen molar-refractivity contribution in [3.05, 3.63) is 23.8 Å². The summed E-state index contributed by atoms with van der Waals surface area (Å²) in [6.45, 7) is 1.90. The Labute approximate surface area is 86.7 Å². The van der Waals surface area contributed by atoms with E-state index in [0.717, 1.165) is 11.3 Å². The second kappa shape index (κ2) is 5.00. The third kappa shape index (κ3) is 2.73. The van der Waals surface area contributed by atoms with Crippen LogP contribution in [0.25, 0.3) is 0 Å². The molecule has 1 rings (SSSR count). The number of hydrogen-bond donors (Lipinski definition) is 1. The Bertz CT molecular complexity index is 339. The molecular weight excluding hydrogens is 198 g/mol. The third-order valence-corrected chi connectivity index (χ3v) is 3.22. The first-order valence-corrected chi connectivity index (χ1v) is 5.93. The van der Waals surface area contributed by atoms with Gasteiger partial charge in [0.2, 0.25) is 0 Å². The SMILES string of the molecule is CCS(=O)Cc1cc(N)ccc1OC. The summed E-state index contributed by atoms with van der Waals surface area (Å²) in [7, 11) is 0.767. The highest BCUT2D eigenvalue weighted by Gasteiger charge is 2.06. The Morgan fingerprint density at radius 2 is 2.21 bits per heavy atom. The minimum Gasteiger partial charge on any atom is -0.496 e. The van der Waals surface area contributed by atoms with Gasteiger partial charge < -0.3 is 10.5 Å². The molecule has 0 aliphatic carbocycles. The van der Waals surface area contributed by atoms with Gasteiger partial charge in [-0.3, -0.25) is 4.21 Å². The number of anilines is 1. The van der Waals surface area contributed by atoms with Crippen molar-refractivity contribution in [3.63, 3.8) is 0 Å². The summed E-state index contributed by atoms with van der Waals surface area (Å²) in [6.07, 6.45) is 0. The summed E-state index contributed by atoms with van der Waals surface area (Å²) in [6, 6.07) is 5.39. The maximum atomic E-state index is 11.4. The molecule has 14 heavy (non-hydrogen) atoms. The van der Waals surface area contributed by atoms with Gasteiger partial charge in [-0.25, -0.2) is 0 Å². The smallest absolute Gasteiger partial charge is 0.123 e. The van der Waals surface area contributed by atoms with Crippen molar-refractivity contribution in [1.82, 2.24) is 0 Å². The van der Waals surface area contributed by atoms with Gasteiger partial charge in [-0.2, -0.15) is 0 Å². The van der Waals surface area contributed by atoms with Gasteiger partial charge in [0.15, 0.2) is 0 Å². The first kappa shape index (κ1) is 11.0. The van der Waals surface area contributed by atoms with Gasteiger partial charge in [0, 0.05) is 27.8 Å². The number of nitrogen functional groups attached to an aromatic ring is 1. The van der Waals surface area contributed by atoms with Gasteiger partial charge in [0.25, 0.3) is 0 Å². The summed E-state index contributed by atoms with van der Waals surface area (Å²) in [5.41, 5.74) is 7.23. The van der Waals surface area contributed by atoms with Gasteiger partial charge in [-0.15, -0.1) is 0 Å². The summed E-state index contributed by atoms with van der Waals surface area (Å²) in [4.78, 5) is 0. The Kier molecular flexibility index (Phi) is 3.95. The van der Waals surface area contributed by atoms with Crippen LogP contribution in [-0.4, -0.2) is 17.1 Å². The molecule has 3 nitrogen and oxygen atoms in total. The average Bonchev–Trinajstić information content (AvgIpc) is 2.18. The molecule has 0 saturated carbocycles. The van der Waals surface area contributed by atoms with Crippen molar-refractivity contribution in [3.8, 4) is 5.75 Å². The van der Waals surface area contributed by atoms with E-state index in [1.165, 1.54) is 0 Å². The molecule has 1 aromatic carbocycles. The fraction of sp³-hybridized carbons (Fsp3) is 0.400. The van der Waals surface area contributed by atoms with Crippen LogP contribution in [0.5, 0.6) is 5.75 Å². The van der Waals surface area contributed by atoms with E-state index in [1.54, 1.807) is 19.2 Å². The van der Waals surface area contributed by atoms with Crippen molar-refractivity contribution < 1.29 is 8.95 Å². The van der Waals surface area contributed by atoms with Gasteiger partial charge >= 0.3 is 0 Å². The van der Waals surface area contributed by atoms with Crippen LogP contribution in [0.4, 0.5) is 5.69 Å². The van der Waals surface area contributed by atoms with Crippen LogP contribution >= 0.6 is 0 Å². The fourth-order valence-electron chi connectivity index (χ4n) is 1.19. The van der Waals surface area contributed by atoms with Crippen LogP contribution in [0.1, 0.15) is 12.5 Å². The minimum absolute atomic E-state index is 0.505. The lowest BCUT2D eigenvalue weighted by Gasteiger charge is -2.08. The molecule has 0 aromatic heterocycles. The van der Waals surface area contributed by atoms with Crippen LogP contribution in [0.2, 0.25) is 0 Å². The Hall–Kier alpha value is -1.03. The molecular formula is C10H15NO2S. The van der Waals surface area contributed by atoms with Gasteiger partial charge in [0.1, 0.15) is 5.75 Å². The monoisotopic (exact) mass is 213 g/mol. The minimum atomic E-state index is -0.834. The largest absolute Gasteiger partial charge is 0.496 e. The maximum absolute atomic E-state index is 11.4. The lowest BCUT2D eigenvalue weighted by molar-refractivity contribution is 0.411. The number of ether oxygens (including phenoxy) is 1. The van der Waals surface area contributed by atoms with E-state index < -0.39 is 10.8 Å². The number of hydrogen-bond acceptors (Lipinski definition) is 3. The zero-order chi connectivity index (χ0) is 10.6. The molecule has 2 N–H and O–H groups in total. The lowest BCUT2D eigenvalue weighted by Crippen LogP contribution is -2.01. The van der Waals surface area contributed by atoms with Crippen molar-refractivity contribution >= 4 is 16.5 Å². The van der Waals surface area contributed by atoms with E-state index in [4.69, 9.17) is 10.5 Å². The summed E-state index contributed by atoms with van der Waals surface area (Å²) >= 11 is 0. The molecule has 1 aromatic rings. The van der Waals surface area contributed by atoms with Crippen molar-refractivity contribution in [2.45, 2.75) is 12.7 Å². The first-order chi connectivity index (χ1) is 6.67. The zero-order valence-electron chi connectivity index (χ0n) is 8.45. The molecule has 0 spiro atoms. The molecule has 0 aliphatic rings. The molecule has 0 aliphatic heterocycles. The number of rotatable bonds is 4. The number of methoxy groups -OCH3 is 1. The number of nitrogens with two attached hydrogens (primary N) is 1. The Morgan fingerprint density at radius 1 is 1.50 bits per heavy atom. The molecule has 0 heterocycles. The van der Waals surface area contributed by atoms with E-state index in [9.17, 15) is 4.21 Å². The standard InChI is InChI=1S/C10H15NO2S/c1-3-14(12)7-8-6-9(11)4-5-10(8)13-2/h4-6H,3,7,11H2,1-2H3. The zero-order valence-corrected chi connectivity index (χ0v) is 9.26. The summed E-state index contributed by atoms with van der Waals surface area (Å²) < 4.78 is 16.5. The molecule has 0 fully saturated rings. The van der Waals surface area contributed by atoms with E-state index in [0.29, 0.717) is 17.2 Å². The highest BCUT2D eigenvalue weighted by Crippen LogP contribution is 2.22. The summed E-state index contributed by atoms with van der Waals surface area (Å²) in [5.74, 6) is 1.91. The second-order valence-electron chi connectivity index (χ2n) is 2.94. The van der Waals surface area contributed by atoms with Crippen molar-refractivity contribution in [1.29, 1.82) is 0 Å². The lowest BCUT2D eigenvalue weighted by atomic mass is 10.2. The topological polar surface area (TPSA) is 52.3 Å². The third-order valence-electron chi connectivity index (χ3n) is 1.94. The molecule has 0 amide bonds. The summed E-state index contributed by atoms with van der Waals surface area (Å²) in [5, 5.41) is 0. The van der Waals surface area contributed by atoms with Crippen molar-refractivity contribution in [2.24, 2.45) is 0 Å². The Morgan fingerprint density at radius 3 is 2.79 bits per heavy atom. The molecule has 78 valence electrons. The van der Waals surface area contributed by atoms with Crippen molar-refractivity contribution in [2.75, 3.05) is 18.6 Å². The molecule has 0 bridgehead atoms. The van der Waals surface area contributed by atoms with Crippen LogP contribution in [0, 0.1) is 0 Å². The van der Waals surface area contributed by atoms with Gasteiger partial charge in [-0.05, 0) is 18.2 Å². The normalized spacial score (nSPS) is 12.4. The average molecular weight is 213 g/mol. The highest BCUT2D eigenvalue weighted by molar-refractivity contribution is 7.84. The predicted molar refractivity (Wildman–Crippen MR) is 59.8 cm³/mol. The fourth-order valence-corrected chi connectivity index (χ4v) is 1.96. The molecule has 0 radical (unpaired) electrons. The second-order valence-corrected chi connectivity index (χ2v) is 4.69. The molecule has 1 atom stereocenters.